The van der Waals surface area contributed by atoms with Gasteiger partial charge in [0.25, 0.3) is 0 Å². The van der Waals surface area contributed by atoms with Crippen molar-refractivity contribution in [3.05, 3.63) is 34.6 Å². The van der Waals surface area contributed by atoms with Crippen molar-refractivity contribution in [2.45, 2.75) is 25.4 Å². The molecule has 1 saturated heterocycles. The second-order valence-corrected chi connectivity index (χ2v) is 6.09. The van der Waals surface area contributed by atoms with Crippen molar-refractivity contribution < 1.29 is 9.18 Å². The van der Waals surface area contributed by atoms with Crippen molar-refractivity contribution in [1.82, 2.24) is 10.2 Å². The van der Waals surface area contributed by atoms with Crippen LogP contribution in [0.2, 0.25) is 5.02 Å². The molecule has 2 unspecified atom stereocenters. The maximum atomic E-state index is 13.7. The van der Waals surface area contributed by atoms with E-state index in [1.54, 1.807) is 13.0 Å². The number of nitrogens with one attached hydrogen (secondary N) is 1. The summed E-state index contributed by atoms with van der Waals surface area (Å²) in [6.07, 6.45) is 0.949. The number of benzene rings is 1. The lowest BCUT2D eigenvalue weighted by atomic mass is 9.93. The van der Waals surface area contributed by atoms with E-state index >= 15 is 0 Å². The highest BCUT2D eigenvalue weighted by molar-refractivity contribution is 6.30. The van der Waals surface area contributed by atoms with Crippen LogP contribution in [0.4, 0.5) is 4.39 Å². The van der Waals surface area contributed by atoms with Crippen LogP contribution in [0, 0.1) is 11.7 Å². The Labute approximate surface area is 141 Å². The van der Waals surface area contributed by atoms with Gasteiger partial charge < -0.3 is 11.1 Å². The molecule has 1 amide bonds. The molecule has 7 heteroatoms. The summed E-state index contributed by atoms with van der Waals surface area (Å²) in [4.78, 5) is 13.8. The summed E-state index contributed by atoms with van der Waals surface area (Å²) in [6, 6.07) is 4.46. The van der Waals surface area contributed by atoms with Crippen LogP contribution in [0.5, 0.6) is 0 Å². The molecule has 3 N–H and O–H groups in total. The van der Waals surface area contributed by atoms with E-state index in [1.807, 2.05) is 13.1 Å². The molecule has 1 fully saturated rings. The van der Waals surface area contributed by atoms with Gasteiger partial charge in [-0.25, -0.2) is 4.39 Å². The van der Waals surface area contributed by atoms with Crippen LogP contribution in [0.15, 0.2) is 18.2 Å². The summed E-state index contributed by atoms with van der Waals surface area (Å²) in [5.41, 5.74) is 6.43. The normalized spacial score (nSPS) is 23.0. The van der Waals surface area contributed by atoms with Gasteiger partial charge in [-0.1, -0.05) is 17.7 Å². The fourth-order valence-electron chi connectivity index (χ4n) is 2.86. The maximum Gasteiger partial charge on any atom is 0.236 e. The molecule has 124 valence electrons. The lowest BCUT2D eigenvalue weighted by molar-refractivity contribution is -0.122. The molecule has 0 aromatic heterocycles. The Morgan fingerprint density at radius 3 is 2.86 bits per heavy atom. The van der Waals surface area contributed by atoms with Gasteiger partial charge in [0, 0.05) is 12.6 Å². The van der Waals surface area contributed by atoms with E-state index < -0.39 is 11.9 Å². The number of halogens is 3. The van der Waals surface area contributed by atoms with E-state index in [4.69, 9.17) is 17.3 Å². The third-order valence-electron chi connectivity index (χ3n) is 4.01. The molecule has 1 aliphatic heterocycles. The average Bonchev–Trinajstić information content (AvgIpc) is 2.80. The summed E-state index contributed by atoms with van der Waals surface area (Å²) in [5.74, 6) is -0.336. The zero-order valence-corrected chi connectivity index (χ0v) is 14.3. The number of amides is 1. The Morgan fingerprint density at radius 1 is 1.59 bits per heavy atom. The van der Waals surface area contributed by atoms with Gasteiger partial charge in [0.1, 0.15) is 5.82 Å². The molecular formula is C15H22Cl2FN3O. The molecule has 22 heavy (non-hydrogen) atoms. The highest BCUT2D eigenvalue weighted by Crippen LogP contribution is 2.36. The smallest absolute Gasteiger partial charge is 0.236 e. The predicted molar refractivity (Wildman–Crippen MR) is 88.8 cm³/mol. The summed E-state index contributed by atoms with van der Waals surface area (Å²) in [5, 5.41) is 2.99. The number of carbonyl (C=O) groups excluding carboxylic acids is 1. The van der Waals surface area contributed by atoms with E-state index in [0.29, 0.717) is 6.54 Å². The molecule has 1 aromatic carbocycles. The highest BCUT2D eigenvalue weighted by atomic mass is 35.5. The molecule has 3 atom stereocenters. The first-order valence-corrected chi connectivity index (χ1v) is 7.46. The number of carbonyl (C=O) groups is 1. The number of likely N-dealkylation sites (tertiary alicyclic amines) is 1. The number of nitrogens with two attached hydrogens (primary N) is 1. The van der Waals surface area contributed by atoms with Crippen LogP contribution in [0.25, 0.3) is 0 Å². The number of nitrogens with zero attached hydrogens (tertiary/aromatic N) is 1. The van der Waals surface area contributed by atoms with Gasteiger partial charge in [0.05, 0.1) is 11.1 Å². The van der Waals surface area contributed by atoms with Gasteiger partial charge in [-0.15, -0.1) is 12.4 Å². The van der Waals surface area contributed by atoms with E-state index in [0.717, 1.165) is 18.5 Å². The molecule has 0 aliphatic carbocycles. The first kappa shape index (κ1) is 19.2. The average molecular weight is 350 g/mol. The molecule has 1 aromatic rings. The van der Waals surface area contributed by atoms with Gasteiger partial charge in [0.2, 0.25) is 5.91 Å². The second-order valence-electron chi connectivity index (χ2n) is 5.68. The standard InChI is InChI=1S/C15H21ClFN3O.ClH/c1-9(18)15(21)19-8-11-5-6-20(2)14(11)10-3-4-12(16)13(17)7-10;/h3-4,7,9,11,14H,5-6,8,18H2,1-2H3,(H,19,21);1H/t9-,11?,14?;/m1./s1. The Balaban J connectivity index is 0.00000242. The van der Waals surface area contributed by atoms with E-state index in [-0.39, 0.29) is 35.3 Å². The fraction of sp³-hybridized carbons (Fsp3) is 0.533. The van der Waals surface area contributed by atoms with Crippen LogP contribution in [0.3, 0.4) is 0 Å². The number of hydrogen-bond acceptors (Lipinski definition) is 3. The van der Waals surface area contributed by atoms with Crippen LogP contribution in [-0.4, -0.2) is 37.0 Å². The van der Waals surface area contributed by atoms with Crippen molar-refractivity contribution in [3.8, 4) is 0 Å². The lowest BCUT2D eigenvalue weighted by Crippen LogP contribution is -2.41. The molecular weight excluding hydrogens is 328 g/mol. The van der Waals surface area contributed by atoms with Gasteiger partial charge in [-0.2, -0.15) is 0 Å². The van der Waals surface area contributed by atoms with E-state index in [2.05, 4.69) is 10.2 Å². The zero-order valence-electron chi connectivity index (χ0n) is 12.7. The Bertz CT molecular complexity index is 528. The van der Waals surface area contributed by atoms with Gasteiger partial charge in [-0.3, -0.25) is 9.69 Å². The quantitative estimate of drug-likeness (QED) is 0.877. The highest BCUT2D eigenvalue weighted by Gasteiger charge is 2.33. The van der Waals surface area contributed by atoms with Crippen molar-refractivity contribution in [3.63, 3.8) is 0 Å². The van der Waals surface area contributed by atoms with E-state index in [1.165, 1.54) is 6.07 Å². The van der Waals surface area contributed by atoms with Crippen molar-refractivity contribution in [2.75, 3.05) is 20.1 Å². The third kappa shape index (κ3) is 4.32. The summed E-state index contributed by atoms with van der Waals surface area (Å²) in [6.45, 7) is 3.11. The minimum Gasteiger partial charge on any atom is -0.354 e. The minimum absolute atomic E-state index is 0. The SMILES string of the molecule is C[C@@H](N)C(=O)NCC1CCN(C)C1c1ccc(Cl)c(F)c1.Cl. The van der Waals surface area contributed by atoms with Gasteiger partial charge >= 0.3 is 0 Å². The zero-order chi connectivity index (χ0) is 15.6. The van der Waals surface area contributed by atoms with Crippen LogP contribution in [0.1, 0.15) is 24.9 Å². The number of rotatable bonds is 4. The van der Waals surface area contributed by atoms with Crippen molar-refractivity contribution in [1.29, 1.82) is 0 Å². The van der Waals surface area contributed by atoms with Gasteiger partial charge in [-0.05, 0) is 50.6 Å². The van der Waals surface area contributed by atoms with Crippen LogP contribution >= 0.6 is 24.0 Å². The Morgan fingerprint density at radius 2 is 2.27 bits per heavy atom. The topological polar surface area (TPSA) is 58.4 Å². The molecule has 2 rings (SSSR count). The third-order valence-corrected chi connectivity index (χ3v) is 4.32. The van der Waals surface area contributed by atoms with Crippen molar-refractivity contribution in [2.24, 2.45) is 11.7 Å². The summed E-state index contributed by atoms with van der Waals surface area (Å²) in [7, 11) is 2.00. The van der Waals surface area contributed by atoms with Crippen molar-refractivity contribution >= 4 is 29.9 Å². The van der Waals surface area contributed by atoms with Gasteiger partial charge in [0.15, 0.2) is 0 Å². The Kier molecular flexibility index (Phi) is 7.06. The molecule has 0 radical (unpaired) electrons. The molecule has 0 spiro atoms. The monoisotopic (exact) mass is 349 g/mol. The Hall–Kier alpha value is -0.880. The molecule has 4 nitrogen and oxygen atoms in total. The first-order valence-electron chi connectivity index (χ1n) is 7.08. The van der Waals surface area contributed by atoms with Crippen LogP contribution in [-0.2, 0) is 4.79 Å². The fourth-order valence-corrected chi connectivity index (χ4v) is 2.97. The second kappa shape index (κ2) is 8.11. The molecule has 1 heterocycles. The molecule has 1 aliphatic rings. The van der Waals surface area contributed by atoms with Crippen LogP contribution < -0.4 is 11.1 Å². The minimum atomic E-state index is -0.518. The molecule has 0 saturated carbocycles. The van der Waals surface area contributed by atoms with E-state index in [9.17, 15) is 9.18 Å². The summed E-state index contributed by atoms with van der Waals surface area (Å²) >= 11 is 5.74. The first-order chi connectivity index (χ1) is 9.90. The maximum absolute atomic E-state index is 13.7. The lowest BCUT2D eigenvalue weighted by Gasteiger charge is -2.26. The largest absolute Gasteiger partial charge is 0.354 e. The summed E-state index contributed by atoms with van der Waals surface area (Å²) < 4.78 is 13.7. The predicted octanol–water partition coefficient (Wildman–Crippen LogP) is 2.36. The number of hydrogen-bond donors (Lipinski definition) is 2. The molecule has 0 bridgehead atoms.